The SMILES string of the molecule is CC1(C)C2CC3OB([C@H](Cc4ccccc4)[C@@H](Cc4ccccc4)NC(=O)[C@@H](N)CCCCN)O[C@]3(C)C1C2. The van der Waals surface area contributed by atoms with E-state index in [9.17, 15) is 4.79 Å². The van der Waals surface area contributed by atoms with Crippen LogP contribution in [0.15, 0.2) is 60.7 Å². The van der Waals surface area contributed by atoms with Crippen LogP contribution in [0.1, 0.15) is 64.0 Å². The average Bonchev–Trinajstić information content (AvgIpc) is 3.29. The summed E-state index contributed by atoms with van der Waals surface area (Å²) in [5.41, 5.74) is 14.4. The second-order valence-corrected chi connectivity index (χ2v) is 12.9. The van der Waals surface area contributed by atoms with Crippen LogP contribution in [0.5, 0.6) is 0 Å². The molecule has 0 radical (unpaired) electrons. The molecule has 4 fully saturated rings. The highest BCUT2D eigenvalue weighted by Gasteiger charge is 2.68. The first-order valence-corrected chi connectivity index (χ1v) is 14.9. The first kappa shape index (κ1) is 28.3. The van der Waals surface area contributed by atoms with Gasteiger partial charge < -0.3 is 26.1 Å². The molecule has 1 amide bonds. The van der Waals surface area contributed by atoms with Crippen LogP contribution in [0.25, 0.3) is 0 Å². The molecule has 0 spiro atoms. The predicted octanol–water partition coefficient (Wildman–Crippen LogP) is 4.51. The summed E-state index contributed by atoms with van der Waals surface area (Å²) in [6.45, 7) is 7.64. The molecule has 5 N–H and O–H groups in total. The Hall–Kier alpha value is -2.19. The van der Waals surface area contributed by atoms with Crippen LogP contribution in [-0.4, -0.2) is 43.4 Å². The van der Waals surface area contributed by atoms with Gasteiger partial charge in [-0.15, -0.1) is 0 Å². The Kier molecular flexibility index (Phi) is 8.53. The highest BCUT2D eigenvalue weighted by molar-refractivity contribution is 6.47. The molecule has 1 aliphatic heterocycles. The zero-order valence-corrected chi connectivity index (χ0v) is 23.9. The first-order chi connectivity index (χ1) is 18.7. The third-order valence-corrected chi connectivity index (χ3v) is 10.1. The van der Waals surface area contributed by atoms with Crippen LogP contribution in [0.3, 0.4) is 0 Å². The Morgan fingerprint density at radius 1 is 1.00 bits per heavy atom. The summed E-state index contributed by atoms with van der Waals surface area (Å²) < 4.78 is 13.8. The van der Waals surface area contributed by atoms with Gasteiger partial charge in [0, 0.05) is 11.9 Å². The van der Waals surface area contributed by atoms with E-state index < -0.39 is 13.2 Å². The lowest BCUT2D eigenvalue weighted by atomic mass is 9.43. The van der Waals surface area contributed by atoms with E-state index in [0.717, 1.165) is 25.7 Å². The lowest BCUT2D eigenvalue weighted by Crippen LogP contribution is -2.65. The Morgan fingerprint density at radius 2 is 1.64 bits per heavy atom. The molecule has 2 bridgehead atoms. The van der Waals surface area contributed by atoms with E-state index in [4.69, 9.17) is 20.8 Å². The molecule has 3 unspecified atom stereocenters. The quantitative estimate of drug-likeness (QED) is 0.277. The minimum Gasteiger partial charge on any atom is -0.405 e. The van der Waals surface area contributed by atoms with Crippen molar-refractivity contribution in [2.75, 3.05) is 6.54 Å². The molecule has 6 rings (SSSR count). The summed E-state index contributed by atoms with van der Waals surface area (Å²) in [5, 5.41) is 3.37. The number of hydrogen-bond acceptors (Lipinski definition) is 5. The second-order valence-electron chi connectivity index (χ2n) is 12.9. The Balaban J connectivity index is 1.43. The van der Waals surface area contributed by atoms with Gasteiger partial charge in [-0.1, -0.05) is 80.9 Å². The minimum absolute atomic E-state index is 0.0736. The van der Waals surface area contributed by atoms with Crippen molar-refractivity contribution < 1.29 is 14.1 Å². The lowest BCUT2D eigenvalue weighted by molar-refractivity contribution is -0.199. The molecule has 1 heterocycles. The Bertz CT molecular complexity index is 1100. The van der Waals surface area contributed by atoms with Crippen LogP contribution < -0.4 is 16.8 Å². The average molecular weight is 532 g/mol. The number of carbonyl (C=O) groups excluding carboxylic acids is 1. The van der Waals surface area contributed by atoms with E-state index in [1.54, 1.807) is 0 Å². The largest absolute Gasteiger partial charge is 0.463 e. The summed E-state index contributed by atoms with van der Waals surface area (Å²) in [6, 6.07) is 20.1. The molecular formula is C32H46BN3O3. The number of hydrogen-bond donors (Lipinski definition) is 3. The normalized spacial score (nSPS) is 29.2. The molecular weight excluding hydrogens is 485 g/mol. The van der Waals surface area contributed by atoms with E-state index in [-0.39, 0.29) is 34.9 Å². The van der Waals surface area contributed by atoms with Crippen molar-refractivity contribution >= 4 is 13.0 Å². The Morgan fingerprint density at radius 3 is 2.26 bits per heavy atom. The summed E-state index contributed by atoms with van der Waals surface area (Å²) in [6.07, 6.45) is 6.09. The molecule has 7 heteroatoms. The van der Waals surface area contributed by atoms with Crippen molar-refractivity contribution in [1.29, 1.82) is 0 Å². The molecule has 3 aliphatic carbocycles. The molecule has 2 aromatic rings. The molecule has 0 aromatic heterocycles. The number of nitrogens with two attached hydrogens (primary N) is 2. The Labute approximate surface area is 234 Å². The smallest absolute Gasteiger partial charge is 0.405 e. The fourth-order valence-electron chi connectivity index (χ4n) is 7.50. The van der Waals surface area contributed by atoms with Crippen LogP contribution in [-0.2, 0) is 26.9 Å². The van der Waals surface area contributed by atoms with Gasteiger partial charge in [0.15, 0.2) is 0 Å². The lowest BCUT2D eigenvalue weighted by Gasteiger charge is -2.64. The van der Waals surface area contributed by atoms with E-state index in [1.165, 1.54) is 17.5 Å². The zero-order valence-electron chi connectivity index (χ0n) is 23.9. The van der Waals surface area contributed by atoms with Gasteiger partial charge in [0.2, 0.25) is 5.91 Å². The molecule has 3 saturated carbocycles. The van der Waals surface area contributed by atoms with Gasteiger partial charge in [-0.3, -0.25) is 4.79 Å². The van der Waals surface area contributed by atoms with Gasteiger partial charge in [0.05, 0.1) is 17.7 Å². The summed E-state index contributed by atoms with van der Waals surface area (Å²) >= 11 is 0. The van der Waals surface area contributed by atoms with Crippen LogP contribution in [0, 0.1) is 17.3 Å². The van der Waals surface area contributed by atoms with E-state index in [0.29, 0.717) is 31.2 Å². The molecule has 6 nitrogen and oxygen atoms in total. The maximum atomic E-state index is 13.4. The molecule has 1 saturated heterocycles. The standard InChI is InChI=1S/C32H46BN3O3/c1-31(2)24-20-28(31)32(3)29(21-24)38-33(39-32)25(18-22-12-6-4-7-13-22)27(19-23-14-8-5-9-15-23)36-30(37)26(35)16-10-11-17-34/h4-9,12-15,24-29H,10-11,16-21,34-35H2,1-3H3,(H,36,37)/t24?,25-,26+,27-,28?,29?,32-/m1/s1. The second kappa shape index (κ2) is 11.7. The van der Waals surface area contributed by atoms with Crippen molar-refractivity contribution in [3.8, 4) is 0 Å². The molecule has 7 atom stereocenters. The van der Waals surface area contributed by atoms with Gasteiger partial charge in [0.25, 0.3) is 0 Å². The number of carbonyl (C=O) groups is 1. The molecule has 2 aromatic carbocycles. The number of unbranched alkanes of at least 4 members (excludes halogenated alkanes) is 1. The van der Waals surface area contributed by atoms with Gasteiger partial charge in [-0.05, 0) is 80.4 Å². The molecule has 210 valence electrons. The maximum absolute atomic E-state index is 13.4. The number of nitrogens with one attached hydrogen (secondary N) is 1. The number of amides is 1. The third-order valence-electron chi connectivity index (χ3n) is 10.1. The highest BCUT2D eigenvalue weighted by Crippen LogP contribution is 2.66. The molecule has 4 aliphatic rings. The predicted molar refractivity (Wildman–Crippen MR) is 157 cm³/mol. The van der Waals surface area contributed by atoms with Crippen molar-refractivity contribution in [1.82, 2.24) is 5.32 Å². The van der Waals surface area contributed by atoms with Crippen molar-refractivity contribution in [2.24, 2.45) is 28.7 Å². The monoisotopic (exact) mass is 531 g/mol. The van der Waals surface area contributed by atoms with E-state index >= 15 is 0 Å². The summed E-state index contributed by atoms with van der Waals surface area (Å²) in [7, 11) is -0.405. The van der Waals surface area contributed by atoms with Crippen molar-refractivity contribution in [3.63, 3.8) is 0 Å². The number of rotatable bonds is 12. The topological polar surface area (TPSA) is 99.6 Å². The third kappa shape index (κ3) is 5.83. The van der Waals surface area contributed by atoms with Gasteiger partial charge >= 0.3 is 7.12 Å². The highest BCUT2D eigenvalue weighted by atomic mass is 16.7. The fraction of sp³-hybridized carbons (Fsp3) is 0.594. The number of benzene rings is 2. The maximum Gasteiger partial charge on any atom is 0.463 e. The van der Waals surface area contributed by atoms with Crippen LogP contribution >= 0.6 is 0 Å². The van der Waals surface area contributed by atoms with E-state index in [1.807, 2.05) is 24.3 Å². The van der Waals surface area contributed by atoms with Crippen LogP contribution in [0.2, 0.25) is 5.82 Å². The first-order valence-electron chi connectivity index (χ1n) is 14.9. The van der Waals surface area contributed by atoms with Gasteiger partial charge in [-0.25, -0.2) is 0 Å². The molecule has 39 heavy (non-hydrogen) atoms. The van der Waals surface area contributed by atoms with Gasteiger partial charge in [0.1, 0.15) is 0 Å². The van der Waals surface area contributed by atoms with Gasteiger partial charge in [-0.2, -0.15) is 0 Å². The zero-order chi connectivity index (χ0) is 27.6. The minimum atomic E-state index is -0.564. The van der Waals surface area contributed by atoms with Crippen molar-refractivity contribution in [2.45, 2.75) is 95.3 Å². The van der Waals surface area contributed by atoms with Crippen LogP contribution in [0.4, 0.5) is 0 Å². The van der Waals surface area contributed by atoms with Crippen molar-refractivity contribution in [3.05, 3.63) is 71.8 Å². The summed E-state index contributed by atoms with van der Waals surface area (Å²) in [5.74, 6) is 0.975. The fourth-order valence-corrected chi connectivity index (χ4v) is 7.50. The van der Waals surface area contributed by atoms with E-state index in [2.05, 4.69) is 62.5 Å². The summed E-state index contributed by atoms with van der Waals surface area (Å²) in [4.78, 5) is 13.4.